The number of amides is 1. The third kappa shape index (κ3) is 5.57. The van der Waals surface area contributed by atoms with E-state index >= 15 is 0 Å². The summed E-state index contributed by atoms with van der Waals surface area (Å²) in [5, 5.41) is 25.3. The number of rotatable bonds is 8. The number of nitro benzene ring substituents is 1. The number of hydrogen-bond donors (Lipinski definition) is 3. The molecule has 1 aromatic carbocycles. The van der Waals surface area contributed by atoms with Gasteiger partial charge in [-0.2, -0.15) is 0 Å². The number of anilines is 3. The summed E-state index contributed by atoms with van der Waals surface area (Å²) in [6, 6.07) is 8.47. The van der Waals surface area contributed by atoms with E-state index in [9.17, 15) is 25.0 Å². The Labute approximate surface area is 178 Å². The lowest BCUT2D eigenvalue weighted by Crippen LogP contribution is -2.31. The van der Waals surface area contributed by atoms with Gasteiger partial charge in [-0.05, 0) is 17.7 Å². The fourth-order valence-corrected chi connectivity index (χ4v) is 2.51. The summed E-state index contributed by atoms with van der Waals surface area (Å²) in [6.45, 7) is 0. The van der Waals surface area contributed by atoms with Gasteiger partial charge in [-0.3, -0.25) is 35.9 Å². The van der Waals surface area contributed by atoms with Crippen molar-refractivity contribution in [2.24, 2.45) is 0 Å². The highest BCUT2D eigenvalue weighted by atomic mass is 35.5. The minimum Gasteiger partial charge on any atom is -0.319 e. The Morgan fingerprint density at radius 1 is 0.968 bits per heavy atom. The van der Waals surface area contributed by atoms with Gasteiger partial charge in [-0.15, -0.1) is 0 Å². The van der Waals surface area contributed by atoms with E-state index in [0.29, 0.717) is 10.6 Å². The number of nitro groups is 2. The van der Waals surface area contributed by atoms with Crippen molar-refractivity contribution in [2.75, 3.05) is 10.7 Å². The summed E-state index contributed by atoms with van der Waals surface area (Å²) in [5.41, 5.74) is 4.59. The first-order valence-corrected chi connectivity index (χ1v) is 8.87. The number of halogens is 1. The van der Waals surface area contributed by atoms with Crippen LogP contribution in [0.3, 0.4) is 0 Å². The monoisotopic (exact) mass is 444 g/mol. The molecule has 3 rings (SSSR count). The lowest BCUT2D eigenvalue weighted by molar-refractivity contribution is -0.384. The zero-order chi connectivity index (χ0) is 22.4. The highest BCUT2D eigenvalue weighted by Crippen LogP contribution is 2.30. The van der Waals surface area contributed by atoms with E-state index in [2.05, 4.69) is 31.1 Å². The summed E-state index contributed by atoms with van der Waals surface area (Å²) < 4.78 is 0. The number of nitrogens with one attached hydrogen (secondary N) is 3. The second kappa shape index (κ2) is 9.41. The van der Waals surface area contributed by atoms with Crippen LogP contribution in [-0.4, -0.2) is 30.7 Å². The molecule has 0 saturated heterocycles. The number of aromatic nitrogens is 3. The molecule has 1 amide bonds. The Morgan fingerprint density at radius 2 is 1.68 bits per heavy atom. The lowest BCUT2D eigenvalue weighted by atomic mass is 10.1. The first-order valence-electron chi connectivity index (χ1n) is 8.49. The van der Waals surface area contributed by atoms with Crippen LogP contribution in [0.15, 0.2) is 48.9 Å². The van der Waals surface area contributed by atoms with Crippen LogP contribution in [-0.2, 0) is 11.2 Å². The smallest absolute Gasteiger partial charge is 0.319 e. The van der Waals surface area contributed by atoms with Gasteiger partial charge in [0.1, 0.15) is 12.1 Å². The third-order valence-electron chi connectivity index (χ3n) is 3.81. The van der Waals surface area contributed by atoms with Crippen LogP contribution in [0.4, 0.5) is 28.8 Å². The van der Waals surface area contributed by atoms with Crippen LogP contribution in [0.5, 0.6) is 0 Å². The molecule has 0 aliphatic carbocycles. The summed E-state index contributed by atoms with van der Waals surface area (Å²) in [6.07, 6.45) is 2.30. The van der Waals surface area contributed by atoms with Gasteiger partial charge in [-0.25, -0.2) is 15.0 Å². The Kier molecular flexibility index (Phi) is 6.47. The number of carbonyl (C=O) groups is 1. The van der Waals surface area contributed by atoms with Crippen molar-refractivity contribution in [3.05, 3.63) is 79.7 Å². The molecular weight excluding hydrogens is 432 g/mol. The van der Waals surface area contributed by atoms with Crippen molar-refractivity contribution < 1.29 is 14.6 Å². The zero-order valence-corrected chi connectivity index (χ0v) is 16.2. The van der Waals surface area contributed by atoms with E-state index in [1.165, 1.54) is 36.5 Å². The SMILES string of the molecule is O=C(Cc1ccc([N+](=O)[O-])cc1)NNc1ncnc(Nc2ccc(Cl)cn2)c1[N+](=O)[O-]. The Morgan fingerprint density at radius 3 is 2.29 bits per heavy atom. The molecule has 0 saturated carbocycles. The van der Waals surface area contributed by atoms with Gasteiger partial charge in [0.15, 0.2) is 0 Å². The quantitative estimate of drug-likeness (QED) is 0.345. The van der Waals surface area contributed by atoms with Crippen LogP contribution in [0.1, 0.15) is 5.56 Å². The minimum absolute atomic E-state index is 0.103. The van der Waals surface area contributed by atoms with Gasteiger partial charge < -0.3 is 5.32 Å². The second-order valence-corrected chi connectivity index (χ2v) is 6.37. The lowest BCUT2D eigenvalue weighted by Gasteiger charge is -2.10. The number of hydrogen-bond acceptors (Lipinski definition) is 10. The predicted molar refractivity (Wildman–Crippen MR) is 110 cm³/mol. The molecule has 0 radical (unpaired) electrons. The molecule has 0 spiro atoms. The van der Waals surface area contributed by atoms with Crippen molar-refractivity contribution in [3.8, 4) is 0 Å². The van der Waals surface area contributed by atoms with Crippen LogP contribution in [0.25, 0.3) is 0 Å². The fourth-order valence-electron chi connectivity index (χ4n) is 2.40. The van der Waals surface area contributed by atoms with E-state index < -0.39 is 21.4 Å². The van der Waals surface area contributed by atoms with Crippen molar-refractivity contribution in [3.63, 3.8) is 0 Å². The molecule has 0 aliphatic heterocycles. The largest absolute Gasteiger partial charge is 0.355 e. The molecule has 13 nitrogen and oxygen atoms in total. The van der Waals surface area contributed by atoms with Gasteiger partial charge in [-0.1, -0.05) is 23.7 Å². The average Bonchev–Trinajstić information content (AvgIpc) is 2.74. The van der Waals surface area contributed by atoms with Gasteiger partial charge in [0, 0.05) is 18.3 Å². The van der Waals surface area contributed by atoms with Crippen molar-refractivity contribution in [1.82, 2.24) is 20.4 Å². The van der Waals surface area contributed by atoms with Crippen molar-refractivity contribution in [1.29, 1.82) is 0 Å². The molecule has 0 aliphatic rings. The average molecular weight is 445 g/mol. The first-order chi connectivity index (χ1) is 14.8. The molecule has 3 N–H and O–H groups in total. The van der Waals surface area contributed by atoms with Gasteiger partial charge in [0.05, 0.1) is 21.3 Å². The maximum Gasteiger partial charge on any atom is 0.355 e. The number of carbonyl (C=O) groups excluding carboxylic acids is 1. The van der Waals surface area contributed by atoms with E-state index in [1.807, 2.05) is 0 Å². The summed E-state index contributed by atoms with van der Waals surface area (Å²) in [5.74, 6) is -0.689. The highest BCUT2D eigenvalue weighted by Gasteiger charge is 2.24. The number of benzene rings is 1. The van der Waals surface area contributed by atoms with E-state index in [-0.39, 0.29) is 29.6 Å². The number of non-ortho nitro benzene ring substituents is 1. The maximum absolute atomic E-state index is 12.1. The zero-order valence-electron chi connectivity index (χ0n) is 15.5. The Bertz CT molecular complexity index is 1120. The topological polar surface area (TPSA) is 178 Å². The molecule has 0 fully saturated rings. The number of nitrogens with zero attached hydrogens (tertiary/aromatic N) is 5. The molecule has 158 valence electrons. The van der Waals surface area contributed by atoms with Gasteiger partial charge in [0.2, 0.25) is 17.5 Å². The summed E-state index contributed by atoms with van der Waals surface area (Å²) in [4.78, 5) is 44.7. The van der Waals surface area contributed by atoms with Crippen LogP contribution in [0.2, 0.25) is 5.02 Å². The minimum atomic E-state index is -0.719. The van der Waals surface area contributed by atoms with E-state index in [0.717, 1.165) is 6.33 Å². The Balaban J connectivity index is 1.70. The maximum atomic E-state index is 12.1. The van der Waals surface area contributed by atoms with Crippen LogP contribution < -0.4 is 16.2 Å². The standard InChI is InChI=1S/C17H13ClN8O5/c18-11-3-6-13(19-8-11)22-16-15(26(30)31)17(21-9-20-16)24-23-14(27)7-10-1-4-12(5-2-10)25(28)29/h1-6,8-9H,7H2,(H,23,27)(H2,19,20,21,22,24). The predicted octanol–water partition coefficient (Wildman–Crippen LogP) is 2.77. The van der Waals surface area contributed by atoms with Gasteiger partial charge in [0.25, 0.3) is 5.69 Å². The fraction of sp³-hybridized carbons (Fsp3) is 0.0588. The molecule has 31 heavy (non-hydrogen) atoms. The molecular formula is C17H13ClN8O5. The van der Waals surface area contributed by atoms with Crippen LogP contribution >= 0.6 is 11.6 Å². The normalized spacial score (nSPS) is 10.2. The summed E-state index contributed by atoms with van der Waals surface area (Å²) >= 11 is 5.77. The first kappa shape index (κ1) is 21.3. The van der Waals surface area contributed by atoms with Crippen molar-refractivity contribution in [2.45, 2.75) is 6.42 Å². The third-order valence-corrected chi connectivity index (χ3v) is 4.03. The number of pyridine rings is 1. The van der Waals surface area contributed by atoms with E-state index in [4.69, 9.17) is 11.6 Å². The van der Waals surface area contributed by atoms with Crippen molar-refractivity contribution >= 4 is 46.3 Å². The molecule has 0 unspecified atom stereocenters. The molecule has 0 atom stereocenters. The highest BCUT2D eigenvalue weighted by molar-refractivity contribution is 6.30. The second-order valence-electron chi connectivity index (χ2n) is 5.94. The molecule has 2 aromatic heterocycles. The Hall–Kier alpha value is -4.39. The van der Waals surface area contributed by atoms with Gasteiger partial charge >= 0.3 is 5.69 Å². The number of hydrazine groups is 1. The molecule has 14 heteroatoms. The summed E-state index contributed by atoms with van der Waals surface area (Å²) in [7, 11) is 0. The molecule has 3 aromatic rings. The van der Waals surface area contributed by atoms with E-state index in [1.54, 1.807) is 6.07 Å². The molecule has 2 heterocycles. The molecule has 0 bridgehead atoms. The van der Waals surface area contributed by atoms with Crippen LogP contribution in [0, 0.1) is 20.2 Å².